The molecule has 2 rings (SSSR count). The van der Waals surface area contributed by atoms with Crippen molar-refractivity contribution in [1.82, 2.24) is 19.5 Å². The van der Waals surface area contributed by atoms with Crippen LogP contribution in [0.25, 0.3) is 0 Å². The van der Waals surface area contributed by atoms with Crippen molar-refractivity contribution < 1.29 is 0 Å². The van der Waals surface area contributed by atoms with Crippen LogP contribution in [-0.4, -0.2) is 32.6 Å². The molecule has 0 aliphatic carbocycles. The Bertz CT molecular complexity index is 516. The van der Waals surface area contributed by atoms with Crippen molar-refractivity contribution >= 4 is 5.95 Å². The van der Waals surface area contributed by atoms with Crippen LogP contribution < -0.4 is 10.6 Å². The number of rotatable bonds is 5. The number of nitrogens with two attached hydrogens (primary N) is 1. The van der Waals surface area contributed by atoms with Gasteiger partial charge in [0.2, 0.25) is 5.95 Å². The van der Waals surface area contributed by atoms with Crippen LogP contribution in [0.1, 0.15) is 18.3 Å². The molecule has 1 atom stereocenters. The molecule has 2 heterocycles. The van der Waals surface area contributed by atoms with Gasteiger partial charge in [0.25, 0.3) is 0 Å². The van der Waals surface area contributed by atoms with Crippen molar-refractivity contribution in [3.05, 3.63) is 36.2 Å². The molecule has 0 aromatic carbocycles. The number of aryl methyl sites for hydroxylation is 1. The maximum atomic E-state index is 5.75. The predicted molar refractivity (Wildman–Crippen MR) is 74.7 cm³/mol. The Morgan fingerprint density at radius 3 is 2.53 bits per heavy atom. The van der Waals surface area contributed by atoms with Crippen molar-refractivity contribution in [3.8, 4) is 0 Å². The van der Waals surface area contributed by atoms with Gasteiger partial charge in [-0.2, -0.15) is 0 Å². The Hall–Kier alpha value is -1.95. The van der Waals surface area contributed by atoms with E-state index in [0.29, 0.717) is 12.5 Å². The minimum Gasteiger partial charge on any atom is -0.337 e. The predicted octanol–water partition coefficient (Wildman–Crippen LogP) is 0.736. The van der Waals surface area contributed by atoms with Gasteiger partial charge in [0.05, 0.1) is 6.54 Å². The van der Waals surface area contributed by atoms with Gasteiger partial charge in [-0.3, -0.25) is 0 Å². The summed E-state index contributed by atoms with van der Waals surface area (Å²) in [5.41, 5.74) is 6.81. The monoisotopic (exact) mass is 260 g/mol. The number of aromatic nitrogens is 4. The summed E-state index contributed by atoms with van der Waals surface area (Å²) in [5.74, 6) is 1.67. The van der Waals surface area contributed by atoms with Crippen LogP contribution in [-0.2, 0) is 20.0 Å². The lowest BCUT2D eigenvalue weighted by Gasteiger charge is -2.16. The zero-order valence-electron chi connectivity index (χ0n) is 11.6. The molecule has 6 heteroatoms. The first kappa shape index (κ1) is 13.5. The molecule has 0 spiro atoms. The third kappa shape index (κ3) is 3.51. The van der Waals surface area contributed by atoms with E-state index in [1.165, 1.54) is 0 Å². The van der Waals surface area contributed by atoms with Gasteiger partial charge in [-0.05, 0) is 18.9 Å². The van der Waals surface area contributed by atoms with Crippen molar-refractivity contribution in [2.45, 2.75) is 25.9 Å². The zero-order chi connectivity index (χ0) is 13.8. The highest BCUT2D eigenvalue weighted by Gasteiger charge is 2.08. The Morgan fingerprint density at radius 2 is 2.00 bits per heavy atom. The van der Waals surface area contributed by atoms with Crippen LogP contribution in [0, 0.1) is 0 Å². The number of hydrogen-bond acceptors (Lipinski definition) is 5. The quantitative estimate of drug-likeness (QED) is 0.858. The summed E-state index contributed by atoms with van der Waals surface area (Å²) in [6, 6.07) is 0.125. The van der Waals surface area contributed by atoms with E-state index in [0.717, 1.165) is 17.8 Å². The third-order valence-electron chi connectivity index (χ3n) is 2.89. The third-order valence-corrected chi connectivity index (χ3v) is 2.89. The largest absolute Gasteiger partial charge is 0.337 e. The molecule has 2 aromatic heterocycles. The summed E-state index contributed by atoms with van der Waals surface area (Å²) in [7, 11) is 3.93. The van der Waals surface area contributed by atoms with Crippen molar-refractivity contribution in [1.29, 1.82) is 0 Å². The van der Waals surface area contributed by atoms with Gasteiger partial charge >= 0.3 is 0 Å². The van der Waals surface area contributed by atoms with E-state index in [-0.39, 0.29) is 6.04 Å². The minimum absolute atomic E-state index is 0.125. The van der Waals surface area contributed by atoms with Crippen LogP contribution >= 0.6 is 0 Å². The molecule has 0 amide bonds. The summed E-state index contributed by atoms with van der Waals surface area (Å²) < 4.78 is 1.99. The Labute approximate surface area is 113 Å². The average molecular weight is 260 g/mol. The fraction of sp³-hybridized carbons (Fsp3) is 0.462. The number of anilines is 1. The second-order valence-electron chi connectivity index (χ2n) is 4.88. The minimum atomic E-state index is 0.125. The molecule has 0 saturated carbocycles. The molecule has 0 saturated heterocycles. The number of hydrogen-bond donors (Lipinski definition) is 1. The maximum Gasteiger partial charge on any atom is 0.225 e. The highest BCUT2D eigenvalue weighted by atomic mass is 15.2. The van der Waals surface area contributed by atoms with E-state index >= 15 is 0 Å². The summed E-state index contributed by atoms with van der Waals surface area (Å²) in [4.78, 5) is 15.0. The first-order valence-corrected chi connectivity index (χ1v) is 6.30. The van der Waals surface area contributed by atoms with Gasteiger partial charge in [0.15, 0.2) is 0 Å². The van der Waals surface area contributed by atoms with Gasteiger partial charge < -0.3 is 15.2 Å². The fourth-order valence-electron chi connectivity index (χ4n) is 1.85. The van der Waals surface area contributed by atoms with Crippen LogP contribution in [0.2, 0.25) is 0 Å². The van der Waals surface area contributed by atoms with Crippen LogP contribution in [0.4, 0.5) is 5.95 Å². The number of nitrogens with zero attached hydrogens (tertiary/aromatic N) is 5. The summed E-state index contributed by atoms with van der Waals surface area (Å²) >= 11 is 0. The molecule has 102 valence electrons. The summed E-state index contributed by atoms with van der Waals surface area (Å²) in [5, 5.41) is 0. The number of imidazole rings is 1. The first-order valence-electron chi connectivity index (χ1n) is 6.30. The fourth-order valence-corrected chi connectivity index (χ4v) is 1.85. The Kier molecular flexibility index (Phi) is 4.11. The van der Waals surface area contributed by atoms with Gasteiger partial charge in [-0.1, -0.05) is 0 Å². The molecule has 19 heavy (non-hydrogen) atoms. The summed E-state index contributed by atoms with van der Waals surface area (Å²) in [6.45, 7) is 2.65. The molecular weight excluding hydrogens is 240 g/mol. The van der Waals surface area contributed by atoms with E-state index < -0.39 is 0 Å². The van der Waals surface area contributed by atoms with Crippen molar-refractivity contribution in [2.75, 3.05) is 11.9 Å². The molecule has 0 aliphatic rings. The van der Waals surface area contributed by atoms with Gasteiger partial charge in [-0.15, -0.1) is 0 Å². The molecule has 0 bridgehead atoms. The zero-order valence-corrected chi connectivity index (χ0v) is 11.6. The highest BCUT2D eigenvalue weighted by Crippen LogP contribution is 2.09. The second-order valence-corrected chi connectivity index (χ2v) is 4.88. The van der Waals surface area contributed by atoms with Gasteiger partial charge in [-0.25, -0.2) is 15.0 Å². The normalized spacial score (nSPS) is 12.4. The van der Waals surface area contributed by atoms with Crippen molar-refractivity contribution in [3.63, 3.8) is 0 Å². The second kappa shape index (κ2) is 5.79. The molecule has 2 N–H and O–H groups in total. The Balaban J connectivity index is 2.03. The highest BCUT2D eigenvalue weighted by molar-refractivity contribution is 5.29. The molecule has 1 unspecified atom stereocenters. The van der Waals surface area contributed by atoms with Crippen molar-refractivity contribution in [2.24, 2.45) is 12.8 Å². The first-order chi connectivity index (χ1) is 9.06. The van der Waals surface area contributed by atoms with E-state index in [9.17, 15) is 0 Å². The topological polar surface area (TPSA) is 72.9 Å². The SMILES string of the molecule is CC(N)Cc1cnc(N(C)Cc2nccn2C)nc1. The lowest BCUT2D eigenvalue weighted by Crippen LogP contribution is -2.22. The van der Waals surface area contributed by atoms with Gasteiger partial charge in [0.1, 0.15) is 5.82 Å². The Morgan fingerprint density at radius 1 is 1.32 bits per heavy atom. The van der Waals surface area contributed by atoms with E-state index in [1.807, 2.05) is 49.1 Å². The molecule has 0 aliphatic heterocycles. The lowest BCUT2D eigenvalue weighted by molar-refractivity contribution is 0.724. The molecule has 2 aromatic rings. The van der Waals surface area contributed by atoms with Crippen LogP contribution in [0.5, 0.6) is 0 Å². The maximum absolute atomic E-state index is 5.75. The molecule has 0 radical (unpaired) electrons. The molecule has 0 fully saturated rings. The van der Waals surface area contributed by atoms with E-state index in [2.05, 4.69) is 15.0 Å². The smallest absolute Gasteiger partial charge is 0.225 e. The lowest BCUT2D eigenvalue weighted by atomic mass is 10.1. The van der Waals surface area contributed by atoms with Crippen LogP contribution in [0.3, 0.4) is 0 Å². The van der Waals surface area contributed by atoms with Crippen LogP contribution in [0.15, 0.2) is 24.8 Å². The average Bonchev–Trinajstić information content (AvgIpc) is 2.75. The molecule has 6 nitrogen and oxygen atoms in total. The standard InChI is InChI=1S/C13H20N6/c1-10(14)6-11-7-16-13(17-8-11)19(3)9-12-15-4-5-18(12)2/h4-5,7-8,10H,6,9,14H2,1-3H3. The summed E-state index contributed by atoms with van der Waals surface area (Å²) in [6.07, 6.45) is 8.18. The van der Waals surface area contributed by atoms with E-state index in [1.54, 1.807) is 6.20 Å². The van der Waals surface area contributed by atoms with E-state index in [4.69, 9.17) is 5.73 Å². The van der Waals surface area contributed by atoms with Gasteiger partial charge in [0, 0.05) is 44.9 Å². The molecular formula is C13H20N6.